The SMILES string of the molecule is CCOC(=O)c1sc2cccc(F)c2c1COC(=O)c1cc(C)c(CC)s1. The molecule has 0 bridgehead atoms. The van der Waals surface area contributed by atoms with E-state index >= 15 is 0 Å². The molecule has 2 aromatic heterocycles. The van der Waals surface area contributed by atoms with Gasteiger partial charge in [-0.05, 0) is 44.0 Å². The molecule has 27 heavy (non-hydrogen) atoms. The van der Waals surface area contributed by atoms with Crippen LogP contribution in [0.15, 0.2) is 24.3 Å². The number of carbonyl (C=O) groups excluding carboxylic acids is 2. The maximum Gasteiger partial charge on any atom is 0.348 e. The first-order chi connectivity index (χ1) is 13.0. The number of aryl methyl sites for hydroxylation is 2. The van der Waals surface area contributed by atoms with E-state index in [1.165, 1.54) is 17.4 Å². The van der Waals surface area contributed by atoms with E-state index < -0.39 is 17.8 Å². The highest BCUT2D eigenvalue weighted by molar-refractivity contribution is 7.21. The largest absolute Gasteiger partial charge is 0.462 e. The van der Waals surface area contributed by atoms with Crippen LogP contribution >= 0.6 is 22.7 Å². The molecule has 142 valence electrons. The fourth-order valence-electron chi connectivity index (χ4n) is 2.85. The van der Waals surface area contributed by atoms with Gasteiger partial charge in [-0.15, -0.1) is 22.7 Å². The van der Waals surface area contributed by atoms with Gasteiger partial charge in [0.2, 0.25) is 0 Å². The number of hydrogen-bond donors (Lipinski definition) is 0. The Balaban J connectivity index is 1.91. The highest BCUT2D eigenvalue weighted by Crippen LogP contribution is 2.34. The molecule has 0 unspecified atom stereocenters. The molecule has 3 aromatic rings. The maximum atomic E-state index is 14.4. The first-order valence-electron chi connectivity index (χ1n) is 8.59. The van der Waals surface area contributed by atoms with Gasteiger partial charge in [0.15, 0.2) is 0 Å². The molecular weight excluding hydrogens is 387 g/mol. The fraction of sp³-hybridized carbons (Fsp3) is 0.300. The number of halogens is 1. The normalized spacial score (nSPS) is 11.0. The molecule has 0 N–H and O–H groups in total. The van der Waals surface area contributed by atoms with Crippen molar-refractivity contribution in [2.75, 3.05) is 6.61 Å². The van der Waals surface area contributed by atoms with Crippen LogP contribution in [0.25, 0.3) is 10.1 Å². The lowest BCUT2D eigenvalue weighted by Gasteiger charge is -2.06. The van der Waals surface area contributed by atoms with Gasteiger partial charge in [0.25, 0.3) is 0 Å². The predicted molar refractivity (Wildman–Crippen MR) is 105 cm³/mol. The summed E-state index contributed by atoms with van der Waals surface area (Å²) >= 11 is 2.53. The molecule has 0 aliphatic heterocycles. The van der Waals surface area contributed by atoms with Crippen molar-refractivity contribution in [3.8, 4) is 0 Å². The second kappa shape index (κ2) is 8.19. The summed E-state index contributed by atoms with van der Waals surface area (Å²) in [5.74, 6) is -1.47. The van der Waals surface area contributed by atoms with Crippen LogP contribution in [0.5, 0.6) is 0 Å². The molecule has 1 aromatic carbocycles. The molecule has 0 fully saturated rings. The standard InChI is InChI=1S/C20H19FO4S2/c1-4-14-11(3)9-16(26-14)19(22)25-10-12-17-13(21)7-6-8-15(17)27-18(12)20(23)24-5-2/h6-9H,4-5,10H2,1-3H3. The zero-order valence-corrected chi connectivity index (χ0v) is 16.9. The second-order valence-electron chi connectivity index (χ2n) is 5.89. The second-order valence-corrected chi connectivity index (χ2v) is 8.08. The van der Waals surface area contributed by atoms with Gasteiger partial charge in [-0.2, -0.15) is 0 Å². The van der Waals surface area contributed by atoms with Crippen molar-refractivity contribution < 1.29 is 23.5 Å². The van der Waals surface area contributed by atoms with E-state index in [4.69, 9.17) is 9.47 Å². The summed E-state index contributed by atoms with van der Waals surface area (Å²) in [6, 6.07) is 6.43. The fourth-order valence-corrected chi connectivity index (χ4v) is 4.97. The Morgan fingerprint density at radius 3 is 2.56 bits per heavy atom. The molecule has 3 rings (SSSR count). The molecule has 0 amide bonds. The van der Waals surface area contributed by atoms with E-state index in [1.807, 2.05) is 13.8 Å². The average Bonchev–Trinajstić information content (AvgIpc) is 3.21. The summed E-state index contributed by atoms with van der Waals surface area (Å²) in [6.45, 7) is 5.71. The molecule has 0 saturated heterocycles. The van der Waals surface area contributed by atoms with Crippen molar-refractivity contribution in [3.05, 3.63) is 55.8 Å². The zero-order valence-electron chi connectivity index (χ0n) is 15.3. The monoisotopic (exact) mass is 406 g/mol. The smallest absolute Gasteiger partial charge is 0.348 e. The highest BCUT2D eigenvalue weighted by Gasteiger charge is 2.23. The average molecular weight is 407 g/mol. The Morgan fingerprint density at radius 2 is 1.89 bits per heavy atom. The molecular formula is C20H19FO4S2. The lowest BCUT2D eigenvalue weighted by atomic mass is 10.1. The van der Waals surface area contributed by atoms with E-state index in [2.05, 4.69) is 0 Å². The van der Waals surface area contributed by atoms with Crippen molar-refractivity contribution in [1.29, 1.82) is 0 Å². The number of fused-ring (bicyclic) bond motifs is 1. The number of benzene rings is 1. The Hall–Kier alpha value is -2.25. The first-order valence-corrected chi connectivity index (χ1v) is 10.2. The number of thiophene rings is 2. The molecule has 4 nitrogen and oxygen atoms in total. The third kappa shape index (κ3) is 3.89. The molecule has 2 heterocycles. The lowest BCUT2D eigenvalue weighted by Crippen LogP contribution is -2.09. The molecule has 0 saturated carbocycles. The number of hydrogen-bond acceptors (Lipinski definition) is 6. The van der Waals surface area contributed by atoms with Gasteiger partial charge < -0.3 is 9.47 Å². The third-order valence-electron chi connectivity index (χ3n) is 4.11. The number of rotatable bonds is 6. The third-order valence-corrected chi connectivity index (χ3v) is 6.65. The molecule has 0 aliphatic carbocycles. The molecule has 7 heteroatoms. The minimum absolute atomic E-state index is 0.188. The van der Waals surface area contributed by atoms with Crippen LogP contribution in [0.2, 0.25) is 0 Å². The van der Waals surface area contributed by atoms with Gasteiger partial charge in [0, 0.05) is 20.5 Å². The van der Waals surface area contributed by atoms with Crippen LogP contribution in [0.4, 0.5) is 4.39 Å². The molecule has 0 atom stereocenters. The lowest BCUT2D eigenvalue weighted by molar-refractivity contribution is 0.0459. The maximum absolute atomic E-state index is 14.4. The summed E-state index contributed by atoms with van der Waals surface area (Å²) in [5, 5.41) is 0.301. The van der Waals surface area contributed by atoms with E-state index in [0.717, 1.165) is 28.2 Å². The van der Waals surface area contributed by atoms with Crippen LogP contribution < -0.4 is 0 Å². The van der Waals surface area contributed by atoms with Crippen molar-refractivity contribution in [2.24, 2.45) is 0 Å². The van der Waals surface area contributed by atoms with Crippen LogP contribution in [-0.2, 0) is 22.5 Å². The summed E-state index contributed by atoms with van der Waals surface area (Å²) in [5.41, 5.74) is 1.40. The summed E-state index contributed by atoms with van der Waals surface area (Å²) < 4.78 is 25.5. The number of carbonyl (C=O) groups is 2. The Kier molecular flexibility index (Phi) is 5.92. The van der Waals surface area contributed by atoms with Gasteiger partial charge in [0.05, 0.1) is 6.61 Å². The molecule has 0 spiro atoms. The topological polar surface area (TPSA) is 52.6 Å². The van der Waals surface area contributed by atoms with Crippen molar-refractivity contribution in [1.82, 2.24) is 0 Å². The van der Waals surface area contributed by atoms with E-state index in [9.17, 15) is 14.0 Å². The number of ether oxygens (including phenoxy) is 2. The summed E-state index contributed by atoms with van der Waals surface area (Å²) in [6.07, 6.45) is 0.844. The minimum Gasteiger partial charge on any atom is -0.462 e. The van der Waals surface area contributed by atoms with Gasteiger partial charge in [-0.25, -0.2) is 14.0 Å². The number of esters is 2. The first kappa shape index (κ1) is 19.5. The molecule has 0 radical (unpaired) electrons. The van der Waals surface area contributed by atoms with Crippen LogP contribution in [-0.4, -0.2) is 18.5 Å². The zero-order chi connectivity index (χ0) is 19.6. The van der Waals surface area contributed by atoms with Crippen molar-refractivity contribution in [2.45, 2.75) is 33.8 Å². The molecule has 0 aliphatic rings. The van der Waals surface area contributed by atoms with E-state index in [0.29, 0.717) is 20.5 Å². The van der Waals surface area contributed by atoms with Gasteiger partial charge in [0.1, 0.15) is 22.2 Å². The quantitative estimate of drug-likeness (QED) is 0.507. The van der Waals surface area contributed by atoms with Gasteiger partial charge >= 0.3 is 11.9 Å². The summed E-state index contributed by atoms with van der Waals surface area (Å²) in [7, 11) is 0. The van der Waals surface area contributed by atoms with Crippen molar-refractivity contribution in [3.63, 3.8) is 0 Å². The van der Waals surface area contributed by atoms with Crippen LogP contribution in [0, 0.1) is 12.7 Å². The van der Waals surface area contributed by atoms with Gasteiger partial charge in [-0.3, -0.25) is 0 Å². The van der Waals surface area contributed by atoms with Crippen molar-refractivity contribution >= 4 is 44.7 Å². The van der Waals surface area contributed by atoms with Gasteiger partial charge in [-0.1, -0.05) is 13.0 Å². The van der Waals surface area contributed by atoms with Crippen LogP contribution in [0.3, 0.4) is 0 Å². The predicted octanol–water partition coefficient (Wildman–Crippen LogP) is 5.51. The Labute approximate surface area is 164 Å². The highest BCUT2D eigenvalue weighted by atomic mass is 32.1. The Morgan fingerprint density at radius 1 is 1.11 bits per heavy atom. The van der Waals surface area contributed by atoms with E-state index in [-0.39, 0.29) is 18.1 Å². The minimum atomic E-state index is -0.538. The van der Waals surface area contributed by atoms with E-state index in [1.54, 1.807) is 25.1 Å². The van der Waals surface area contributed by atoms with Crippen LogP contribution in [0.1, 0.15) is 49.2 Å². The Bertz CT molecular complexity index is 1000. The summed E-state index contributed by atoms with van der Waals surface area (Å²) in [4.78, 5) is 26.6.